The van der Waals surface area contributed by atoms with Crippen molar-refractivity contribution >= 4 is 55.4 Å². The van der Waals surface area contributed by atoms with E-state index in [9.17, 15) is 14.7 Å². The number of carboxylic acid groups (broad SMARTS) is 1. The van der Waals surface area contributed by atoms with E-state index in [0.717, 1.165) is 0 Å². The number of allylic oxidation sites excluding steroid dienone is 2. The van der Waals surface area contributed by atoms with E-state index in [1.165, 1.54) is 7.11 Å². The summed E-state index contributed by atoms with van der Waals surface area (Å²) in [6, 6.07) is 6.82. The fourth-order valence-electron chi connectivity index (χ4n) is 2.72. The smallest absolute Gasteiger partial charge is 0.336 e. The van der Waals surface area contributed by atoms with Gasteiger partial charge in [0.15, 0.2) is 0 Å². The second-order valence-electron chi connectivity index (χ2n) is 5.18. The van der Waals surface area contributed by atoms with Gasteiger partial charge >= 0.3 is 11.9 Å². The van der Waals surface area contributed by atoms with Gasteiger partial charge in [0.2, 0.25) is 0 Å². The highest BCUT2D eigenvalue weighted by Crippen LogP contribution is 2.42. The van der Waals surface area contributed by atoms with Gasteiger partial charge in [-0.25, -0.2) is 9.59 Å². The van der Waals surface area contributed by atoms with Gasteiger partial charge in [-0.1, -0.05) is 29.8 Å². The topological polar surface area (TPSA) is 75.6 Å². The number of hydrogen-bond donors (Lipinski definition) is 2. The Morgan fingerprint density at radius 1 is 1.28 bits per heavy atom. The minimum Gasteiger partial charge on any atom is -0.478 e. The lowest BCUT2D eigenvalue weighted by Gasteiger charge is -2.30. The molecule has 0 saturated carbocycles. The molecule has 1 aromatic rings. The quantitative estimate of drug-likeness (QED) is 0.609. The lowest BCUT2D eigenvalue weighted by atomic mass is 9.80. The standard InChI is InChI=1S/C17H14Br2ClNO4/c1-8-13(16(22)23)14(9-5-3-4-6-10(9)20)15(17(24)25-2)11(21-8)7-12(18)19/h3-7,14,21H,1-2H3,(H,22,23). The van der Waals surface area contributed by atoms with Crippen LogP contribution in [0.15, 0.2) is 56.3 Å². The van der Waals surface area contributed by atoms with Crippen LogP contribution in [0.1, 0.15) is 18.4 Å². The highest BCUT2D eigenvalue weighted by Gasteiger charge is 2.38. The molecule has 0 radical (unpaired) electrons. The lowest BCUT2D eigenvalue weighted by molar-refractivity contribution is -0.136. The number of esters is 1. The maximum absolute atomic E-state index is 12.5. The number of halogens is 3. The molecular formula is C17H14Br2ClNO4. The zero-order chi connectivity index (χ0) is 18.7. The second kappa shape index (κ2) is 8.21. The van der Waals surface area contributed by atoms with E-state index < -0.39 is 17.9 Å². The van der Waals surface area contributed by atoms with Gasteiger partial charge in [0.1, 0.15) is 0 Å². The summed E-state index contributed by atoms with van der Waals surface area (Å²) < 4.78 is 5.48. The van der Waals surface area contributed by atoms with Crippen LogP contribution >= 0.6 is 43.5 Å². The van der Waals surface area contributed by atoms with Crippen molar-refractivity contribution in [3.8, 4) is 0 Å². The minimum absolute atomic E-state index is 0.0383. The van der Waals surface area contributed by atoms with Crippen LogP contribution in [0.5, 0.6) is 0 Å². The maximum Gasteiger partial charge on any atom is 0.336 e. The van der Waals surface area contributed by atoms with Crippen molar-refractivity contribution < 1.29 is 19.4 Å². The number of benzene rings is 1. The molecule has 0 spiro atoms. The van der Waals surface area contributed by atoms with Gasteiger partial charge in [0, 0.05) is 10.7 Å². The Morgan fingerprint density at radius 2 is 1.92 bits per heavy atom. The largest absolute Gasteiger partial charge is 0.478 e. The molecule has 0 fully saturated rings. The zero-order valence-corrected chi connectivity index (χ0v) is 17.2. The number of methoxy groups -OCH3 is 1. The Balaban J connectivity index is 2.83. The van der Waals surface area contributed by atoms with Crippen molar-refractivity contribution in [1.82, 2.24) is 5.32 Å². The van der Waals surface area contributed by atoms with Crippen molar-refractivity contribution in [2.45, 2.75) is 12.8 Å². The number of rotatable bonds is 4. The first-order valence-electron chi connectivity index (χ1n) is 7.08. The molecule has 2 rings (SSSR count). The van der Waals surface area contributed by atoms with Gasteiger partial charge in [-0.3, -0.25) is 0 Å². The number of carbonyl (C=O) groups is 2. The van der Waals surface area contributed by atoms with Crippen LogP contribution in [0.25, 0.3) is 0 Å². The first-order valence-corrected chi connectivity index (χ1v) is 9.05. The first kappa shape index (κ1) is 19.8. The number of dihydropyridines is 1. The highest BCUT2D eigenvalue weighted by molar-refractivity contribution is 9.28. The molecule has 25 heavy (non-hydrogen) atoms. The zero-order valence-electron chi connectivity index (χ0n) is 13.3. The number of nitrogens with one attached hydrogen (secondary N) is 1. The van der Waals surface area contributed by atoms with Crippen LogP contribution in [-0.2, 0) is 14.3 Å². The van der Waals surface area contributed by atoms with Gasteiger partial charge in [-0.15, -0.1) is 0 Å². The van der Waals surface area contributed by atoms with Gasteiger partial charge in [-0.05, 0) is 56.5 Å². The monoisotopic (exact) mass is 489 g/mol. The summed E-state index contributed by atoms with van der Waals surface area (Å²) in [6.07, 6.45) is 1.62. The average molecular weight is 492 g/mol. The summed E-state index contributed by atoms with van der Waals surface area (Å²) in [4.78, 5) is 24.4. The Labute approximate surface area is 166 Å². The highest BCUT2D eigenvalue weighted by atomic mass is 79.9. The number of aliphatic carboxylic acids is 1. The maximum atomic E-state index is 12.5. The van der Waals surface area contributed by atoms with Crippen molar-refractivity contribution in [3.05, 3.63) is 66.9 Å². The van der Waals surface area contributed by atoms with Crippen LogP contribution in [0.3, 0.4) is 0 Å². The molecule has 1 atom stereocenters. The van der Waals surface area contributed by atoms with Crippen molar-refractivity contribution in [2.75, 3.05) is 7.11 Å². The van der Waals surface area contributed by atoms with Crippen molar-refractivity contribution in [1.29, 1.82) is 0 Å². The van der Waals surface area contributed by atoms with Gasteiger partial charge in [-0.2, -0.15) is 0 Å². The summed E-state index contributed by atoms with van der Waals surface area (Å²) in [5.41, 5.74) is 1.55. The summed E-state index contributed by atoms with van der Waals surface area (Å²) in [5, 5.41) is 13.0. The molecule has 1 aliphatic rings. The third kappa shape index (κ3) is 4.16. The Hall–Kier alpha value is -1.57. The van der Waals surface area contributed by atoms with E-state index in [0.29, 0.717) is 25.4 Å². The molecule has 1 unspecified atom stereocenters. The van der Waals surface area contributed by atoms with Crippen LogP contribution < -0.4 is 5.32 Å². The summed E-state index contributed by atoms with van der Waals surface area (Å²) in [6.45, 7) is 1.64. The molecule has 0 aliphatic carbocycles. The number of ether oxygens (including phenoxy) is 1. The van der Waals surface area contributed by atoms with Crippen LogP contribution in [0, 0.1) is 0 Å². The third-order valence-corrected chi connectivity index (χ3v) is 4.50. The third-order valence-electron chi connectivity index (χ3n) is 3.70. The molecule has 0 amide bonds. The van der Waals surface area contributed by atoms with Crippen molar-refractivity contribution in [3.63, 3.8) is 0 Å². The van der Waals surface area contributed by atoms with E-state index in [-0.39, 0.29) is 11.1 Å². The summed E-state index contributed by atoms with van der Waals surface area (Å²) >= 11 is 12.8. The Kier molecular flexibility index (Phi) is 6.48. The van der Waals surface area contributed by atoms with E-state index in [2.05, 4.69) is 37.2 Å². The van der Waals surface area contributed by atoms with E-state index in [1.54, 1.807) is 37.3 Å². The van der Waals surface area contributed by atoms with E-state index >= 15 is 0 Å². The molecule has 0 bridgehead atoms. The molecule has 0 aromatic heterocycles. The molecule has 8 heteroatoms. The lowest BCUT2D eigenvalue weighted by Crippen LogP contribution is -2.32. The fraction of sp³-hybridized carbons (Fsp3) is 0.176. The molecule has 2 N–H and O–H groups in total. The predicted octanol–water partition coefficient (Wildman–Crippen LogP) is 4.44. The van der Waals surface area contributed by atoms with E-state index in [4.69, 9.17) is 16.3 Å². The number of hydrogen-bond acceptors (Lipinski definition) is 4. The van der Waals surface area contributed by atoms with Crippen LogP contribution in [-0.4, -0.2) is 24.2 Å². The van der Waals surface area contributed by atoms with Gasteiger partial charge < -0.3 is 15.2 Å². The van der Waals surface area contributed by atoms with Crippen LogP contribution in [0.2, 0.25) is 5.02 Å². The minimum atomic E-state index is -1.14. The second-order valence-corrected chi connectivity index (χ2v) is 8.36. The van der Waals surface area contributed by atoms with Crippen LogP contribution in [0.4, 0.5) is 0 Å². The Morgan fingerprint density at radius 3 is 2.44 bits per heavy atom. The first-order chi connectivity index (χ1) is 11.8. The fourth-order valence-corrected chi connectivity index (χ4v) is 3.42. The molecule has 1 aromatic carbocycles. The summed E-state index contributed by atoms with van der Waals surface area (Å²) in [7, 11) is 1.25. The van der Waals surface area contributed by atoms with Gasteiger partial charge in [0.25, 0.3) is 0 Å². The summed E-state index contributed by atoms with van der Waals surface area (Å²) in [5.74, 6) is -2.65. The molecule has 5 nitrogen and oxygen atoms in total. The molecule has 0 saturated heterocycles. The number of carboxylic acids is 1. The van der Waals surface area contributed by atoms with E-state index in [1.807, 2.05) is 0 Å². The molecular weight excluding hydrogens is 477 g/mol. The molecule has 1 aliphatic heterocycles. The molecule has 132 valence electrons. The average Bonchev–Trinajstić information content (AvgIpc) is 2.53. The van der Waals surface area contributed by atoms with Gasteiger partial charge in [0.05, 0.1) is 33.3 Å². The normalized spacial score (nSPS) is 17.1. The SMILES string of the molecule is COC(=O)C1=C(C=C(Br)Br)NC(C)=C(C(=O)O)C1c1ccccc1Cl. The molecule has 1 heterocycles. The predicted molar refractivity (Wildman–Crippen MR) is 103 cm³/mol. The number of carbonyl (C=O) groups excluding carboxylic acids is 1. The Bertz CT molecular complexity index is 826. The van der Waals surface area contributed by atoms with Crippen molar-refractivity contribution in [2.24, 2.45) is 0 Å².